The third kappa shape index (κ3) is 3.18. The summed E-state index contributed by atoms with van der Waals surface area (Å²) in [7, 11) is 0. The molecule has 2 aromatic heterocycles. The largest absolute Gasteiger partial charge is 0.361 e. The summed E-state index contributed by atoms with van der Waals surface area (Å²) in [5.41, 5.74) is 2.73. The van der Waals surface area contributed by atoms with Gasteiger partial charge in [-0.1, -0.05) is 25.3 Å². The quantitative estimate of drug-likeness (QED) is 0.598. The number of β-lactam (4-membered cyclic amide) rings is 1. The predicted octanol–water partition coefficient (Wildman–Crippen LogP) is 4.70. The van der Waals surface area contributed by atoms with Gasteiger partial charge in [0.25, 0.3) is 5.91 Å². The van der Waals surface area contributed by atoms with Crippen LogP contribution in [0.25, 0.3) is 10.9 Å². The Bertz CT molecular complexity index is 1170. The lowest BCUT2D eigenvalue weighted by atomic mass is 9.59. The van der Waals surface area contributed by atoms with Gasteiger partial charge in [0.2, 0.25) is 5.91 Å². The first-order valence-electron chi connectivity index (χ1n) is 12.3. The van der Waals surface area contributed by atoms with Gasteiger partial charge >= 0.3 is 0 Å². The van der Waals surface area contributed by atoms with Crippen LogP contribution in [-0.2, 0) is 4.79 Å². The van der Waals surface area contributed by atoms with Crippen LogP contribution in [0.1, 0.15) is 66.9 Å². The van der Waals surface area contributed by atoms with Gasteiger partial charge < -0.3 is 14.8 Å². The Kier molecular flexibility index (Phi) is 4.97. The van der Waals surface area contributed by atoms with E-state index in [1.54, 1.807) is 0 Å². The zero-order valence-corrected chi connectivity index (χ0v) is 18.9. The molecule has 6 nitrogen and oxygen atoms in total. The first-order valence-corrected chi connectivity index (χ1v) is 12.3. The molecule has 33 heavy (non-hydrogen) atoms. The van der Waals surface area contributed by atoms with Crippen molar-refractivity contribution in [2.75, 3.05) is 13.1 Å². The molecule has 0 bridgehead atoms. The highest BCUT2D eigenvalue weighted by Gasteiger charge is 2.62. The number of aromatic amines is 1. The van der Waals surface area contributed by atoms with E-state index < -0.39 is 0 Å². The van der Waals surface area contributed by atoms with Crippen molar-refractivity contribution < 1.29 is 9.59 Å². The molecular formula is C27H30N4O2. The van der Waals surface area contributed by atoms with E-state index in [0.29, 0.717) is 19.0 Å². The molecule has 1 saturated carbocycles. The molecule has 2 amide bonds. The number of benzene rings is 1. The Morgan fingerprint density at radius 1 is 1.00 bits per heavy atom. The predicted molar refractivity (Wildman–Crippen MR) is 127 cm³/mol. The number of rotatable bonds is 3. The second-order valence-electron chi connectivity index (χ2n) is 9.88. The van der Waals surface area contributed by atoms with Crippen molar-refractivity contribution in [1.82, 2.24) is 19.8 Å². The summed E-state index contributed by atoms with van der Waals surface area (Å²) in [6, 6.07) is 12.3. The Morgan fingerprint density at radius 2 is 1.76 bits per heavy atom. The van der Waals surface area contributed by atoms with Gasteiger partial charge in [-0.2, -0.15) is 0 Å². The van der Waals surface area contributed by atoms with Gasteiger partial charge in [0.15, 0.2) is 0 Å². The molecule has 1 aliphatic carbocycles. The lowest BCUT2D eigenvalue weighted by molar-refractivity contribution is -0.186. The minimum Gasteiger partial charge on any atom is -0.361 e. The molecular weight excluding hydrogens is 412 g/mol. The van der Waals surface area contributed by atoms with Gasteiger partial charge in [-0.25, -0.2) is 0 Å². The maximum absolute atomic E-state index is 13.6. The molecule has 3 aromatic rings. The summed E-state index contributed by atoms with van der Waals surface area (Å²) in [4.78, 5) is 38.4. The van der Waals surface area contributed by atoms with Crippen LogP contribution >= 0.6 is 0 Å². The number of likely N-dealkylation sites (tertiary alicyclic amines) is 2. The highest BCUT2D eigenvalue weighted by Crippen LogP contribution is 2.59. The van der Waals surface area contributed by atoms with Gasteiger partial charge in [-0.15, -0.1) is 0 Å². The lowest BCUT2D eigenvalue weighted by Crippen LogP contribution is -2.67. The number of fused-ring (bicyclic) bond motifs is 1. The molecule has 6 rings (SSSR count). The van der Waals surface area contributed by atoms with Crippen molar-refractivity contribution in [3.63, 3.8) is 0 Å². The van der Waals surface area contributed by atoms with Crippen molar-refractivity contribution in [3.05, 3.63) is 66.1 Å². The fraction of sp³-hybridized carbons (Fsp3) is 0.444. The molecule has 4 heterocycles. The van der Waals surface area contributed by atoms with Crippen molar-refractivity contribution in [3.8, 4) is 0 Å². The molecule has 6 heteroatoms. The SMILES string of the molecule is O=C(c1cccc2[nH]ccc12)N1CCC(N2C(=O)C3(CCCCC3)C2c2ccncc2)CC1. The smallest absolute Gasteiger partial charge is 0.254 e. The van der Waals surface area contributed by atoms with Crippen LogP contribution < -0.4 is 0 Å². The Balaban J connectivity index is 1.21. The standard InChI is InChI=1S/C27H30N4O2/c32-25(22-5-4-6-23-21(22)9-16-29-23)30-17-10-20(11-18-30)31-24(19-7-14-28-15-8-19)27(26(31)33)12-2-1-3-13-27/h4-9,14-16,20,24,29H,1-3,10-13,17-18H2. The summed E-state index contributed by atoms with van der Waals surface area (Å²) >= 11 is 0. The van der Waals surface area contributed by atoms with Gasteiger partial charge in [-0.05, 0) is 61.6 Å². The van der Waals surface area contributed by atoms with Crippen molar-refractivity contribution in [2.24, 2.45) is 5.41 Å². The maximum Gasteiger partial charge on any atom is 0.254 e. The number of H-pyrrole nitrogens is 1. The molecule has 3 fully saturated rings. The molecule has 2 aliphatic heterocycles. The van der Waals surface area contributed by atoms with E-state index in [0.717, 1.165) is 55.0 Å². The van der Waals surface area contributed by atoms with E-state index >= 15 is 0 Å². The maximum atomic E-state index is 13.6. The molecule has 3 aliphatic rings. The number of nitrogens with zero attached hydrogens (tertiary/aromatic N) is 3. The molecule has 0 radical (unpaired) electrons. The van der Waals surface area contributed by atoms with Gasteiger partial charge in [-0.3, -0.25) is 14.6 Å². The fourth-order valence-corrected chi connectivity index (χ4v) is 6.55. The number of carbonyl (C=O) groups is 2. The number of carbonyl (C=O) groups excluding carboxylic acids is 2. The van der Waals surface area contributed by atoms with Crippen LogP contribution in [0, 0.1) is 5.41 Å². The number of aromatic nitrogens is 2. The third-order valence-corrected chi connectivity index (χ3v) is 8.20. The minimum atomic E-state index is -0.226. The van der Waals surface area contributed by atoms with Crippen LogP contribution in [0.4, 0.5) is 0 Å². The van der Waals surface area contributed by atoms with E-state index in [4.69, 9.17) is 0 Å². The Hall–Kier alpha value is -3.15. The Morgan fingerprint density at radius 3 is 2.52 bits per heavy atom. The van der Waals surface area contributed by atoms with Crippen molar-refractivity contribution in [1.29, 1.82) is 0 Å². The number of amides is 2. The zero-order valence-electron chi connectivity index (χ0n) is 18.9. The molecule has 1 spiro atoms. The normalized spacial score (nSPS) is 23.2. The second kappa shape index (κ2) is 8.01. The van der Waals surface area contributed by atoms with Crippen LogP contribution in [-0.4, -0.2) is 50.7 Å². The topological polar surface area (TPSA) is 69.3 Å². The first kappa shape index (κ1) is 20.5. The fourth-order valence-electron chi connectivity index (χ4n) is 6.55. The molecule has 1 atom stereocenters. The Labute approximate surface area is 194 Å². The number of pyridine rings is 1. The summed E-state index contributed by atoms with van der Waals surface area (Å²) in [5, 5.41) is 0.972. The molecule has 1 aromatic carbocycles. The number of hydrogen-bond donors (Lipinski definition) is 1. The average Bonchev–Trinajstić information content (AvgIpc) is 3.37. The monoisotopic (exact) mass is 442 g/mol. The number of nitrogens with one attached hydrogen (secondary N) is 1. The van der Waals surface area contributed by atoms with Crippen LogP contribution in [0.15, 0.2) is 55.0 Å². The van der Waals surface area contributed by atoms with E-state index in [1.165, 1.54) is 12.0 Å². The van der Waals surface area contributed by atoms with E-state index in [9.17, 15) is 9.59 Å². The lowest BCUT2D eigenvalue weighted by Gasteiger charge is -2.61. The summed E-state index contributed by atoms with van der Waals surface area (Å²) in [5.74, 6) is 0.425. The van der Waals surface area contributed by atoms with Gasteiger partial charge in [0.05, 0.1) is 11.5 Å². The van der Waals surface area contributed by atoms with Crippen LogP contribution in [0.2, 0.25) is 0 Å². The van der Waals surface area contributed by atoms with Crippen molar-refractivity contribution >= 4 is 22.7 Å². The number of hydrogen-bond acceptors (Lipinski definition) is 3. The van der Waals surface area contributed by atoms with E-state index in [-0.39, 0.29) is 23.4 Å². The minimum absolute atomic E-state index is 0.0861. The summed E-state index contributed by atoms with van der Waals surface area (Å²) in [6.07, 6.45) is 12.7. The molecule has 170 valence electrons. The first-order chi connectivity index (χ1) is 16.2. The second-order valence-corrected chi connectivity index (χ2v) is 9.88. The van der Waals surface area contributed by atoms with Gasteiger partial charge in [0, 0.05) is 54.2 Å². The average molecular weight is 443 g/mol. The summed E-state index contributed by atoms with van der Waals surface area (Å²) in [6.45, 7) is 1.37. The van der Waals surface area contributed by atoms with Crippen LogP contribution in [0.5, 0.6) is 0 Å². The number of piperidine rings is 1. The van der Waals surface area contributed by atoms with Gasteiger partial charge in [0.1, 0.15) is 0 Å². The molecule has 1 N–H and O–H groups in total. The van der Waals surface area contributed by atoms with Crippen LogP contribution in [0.3, 0.4) is 0 Å². The highest BCUT2D eigenvalue weighted by atomic mass is 16.2. The molecule has 2 saturated heterocycles. The third-order valence-electron chi connectivity index (χ3n) is 8.20. The highest BCUT2D eigenvalue weighted by molar-refractivity contribution is 6.06. The summed E-state index contributed by atoms with van der Waals surface area (Å²) < 4.78 is 0. The van der Waals surface area contributed by atoms with Crippen molar-refractivity contribution in [2.45, 2.75) is 57.0 Å². The zero-order chi connectivity index (χ0) is 22.4. The molecule has 1 unspecified atom stereocenters. The van der Waals surface area contributed by atoms with E-state index in [2.05, 4.69) is 27.0 Å². The van der Waals surface area contributed by atoms with E-state index in [1.807, 2.05) is 47.8 Å².